The number of thiophene rings is 1. The third kappa shape index (κ3) is 4.32. The Labute approximate surface area is 118 Å². The van der Waals surface area contributed by atoms with E-state index in [1.165, 1.54) is 17.7 Å². The minimum Gasteiger partial charge on any atom is -0.334 e. The van der Waals surface area contributed by atoms with Crippen LogP contribution in [0.4, 0.5) is 0 Å². The molecule has 1 aliphatic carbocycles. The van der Waals surface area contributed by atoms with Gasteiger partial charge in [0.2, 0.25) is 5.91 Å². The lowest BCUT2D eigenvalue weighted by molar-refractivity contribution is -0.129. The maximum atomic E-state index is 12.3. The number of rotatable bonds is 5. The van der Waals surface area contributed by atoms with Crippen molar-refractivity contribution < 1.29 is 4.79 Å². The molecule has 0 saturated heterocycles. The zero-order chi connectivity index (χ0) is 13.2. The van der Waals surface area contributed by atoms with Gasteiger partial charge < -0.3 is 4.90 Å². The molecule has 100 valence electrons. The van der Waals surface area contributed by atoms with Gasteiger partial charge in [-0.3, -0.25) is 4.79 Å². The largest absolute Gasteiger partial charge is 0.334 e. The molecule has 1 saturated carbocycles. The Morgan fingerprint density at radius 3 is 2.72 bits per heavy atom. The Hall–Kier alpha value is -0.480. The van der Waals surface area contributed by atoms with E-state index in [0.29, 0.717) is 17.7 Å². The molecule has 0 aromatic carbocycles. The van der Waals surface area contributed by atoms with Crippen LogP contribution in [-0.4, -0.2) is 27.3 Å². The summed E-state index contributed by atoms with van der Waals surface area (Å²) in [7, 11) is 0. The number of hydrogen-bond donors (Lipinski definition) is 0. The summed E-state index contributed by atoms with van der Waals surface area (Å²) < 4.78 is 0.161. The quantitative estimate of drug-likeness (QED) is 0.820. The summed E-state index contributed by atoms with van der Waals surface area (Å²) in [4.78, 5) is 15.7. The molecule has 1 aromatic rings. The number of carbonyl (C=O) groups excluding carboxylic acids is 1. The zero-order valence-corrected chi connectivity index (χ0v) is 12.9. The van der Waals surface area contributed by atoms with Crippen molar-refractivity contribution in [3.8, 4) is 0 Å². The number of amides is 1. The monoisotopic (exact) mass is 283 g/mol. The molecule has 2 rings (SSSR count). The second-order valence-corrected chi connectivity index (χ2v) is 8.57. The molecule has 0 unspecified atom stereocenters. The van der Waals surface area contributed by atoms with Crippen molar-refractivity contribution in [1.29, 1.82) is 0 Å². The average molecular weight is 283 g/mol. The Morgan fingerprint density at radius 1 is 1.50 bits per heavy atom. The van der Waals surface area contributed by atoms with Crippen molar-refractivity contribution >= 4 is 29.0 Å². The number of nitrogens with zero attached hydrogens (tertiary/aromatic N) is 1. The highest BCUT2D eigenvalue weighted by atomic mass is 32.2. The summed E-state index contributed by atoms with van der Waals surface area (Å²) in [6.07, 6.45) is 2.36. The van der Waals surface area contributed by atoms with Crippen LogP contribution >= 0.6 is 23.1 Å². The number of thioether (sulfide) groups is 1. The lowest BCUT2D eigenvalue weighted by Gasteiger charge is -2.24. The van der Waals surface area contributed by atoms with Gasteiger partial charge in [-0.25, -0.2) is 0 Å². The summed E-state index contributed by atoms with van der Waals surface area (Å²) in [6.45, 7) is 7.27. The molecule has 1 amide bonds. The molecular formula is C14H21NOS2. The van der Waals surface area contributed by atoms with Crippen LogP contribution < -0.4 is 0 Å². The fourth-order valence-electron chi connectivity index (χ4n) is 1.74. The summed E-state index contributed by atoms with van der Waals surface area (Å²) in [6, 6.07) is 4.67. The van der Waals surface area contributed by atoms with E-state index in [2.05, 4.69) is 43.2 Å². The Balaban J connectivity index is 1.91. The van der Waals surface area contributed by atoms with E-state index >= 15 is 0 Å². The van der Waals surface area contributed by atoms with Crippen LogP contribution in [0.25, 0.3) is 0 Å². The molecule has 0 spiro atoms. The Morgan fingerprint density at radius 2 is 2.22 bits per heavy atom. The van der Waals surface area contributed by atoms with Gasteiger partial charge >= 0.3 is 0 Å². The molecule has 1 aliphatic rings. The van der Waals surface area contributed by atoms with Gasteiger partial charge in [0.1, 0.15) is 0 Å². The molecule has 2 nitrogen and oxygen atoms in total. The molecule has 1 fully saturated rings. The topological polar surface area (TPSA) is 20.3 Å². The molecular weight excluding hydrogens is 262 g/mol. The van der Waals surface area contributed by atoms with Crippen molar-refractivity contribution in [2.45, 2.75) is 50.9 Å². The van der Waals surface area contributed by atoms with E-state index in [0.717, 1.165) is 6.54 Å². The smallest absolute Gasteiger partial charge is 0.233 e. The third-order valence-electron chi connectivity index (χ3n) is 2.84. The van der Waals surface area contributed by atoms with Crippen LogP contribution in [0, 0.1) is 0 Å². The molecule has 0 radical (unpaired) electrons. The van der Waals surface area contributed by atoms with Crippen molar-refractivity contribution in [3.05, 3.63) is 22.4 Å². The molecule has 0 atom stereocenters. The predicted molar refractivity (Wildman–Crippen MR) is 80.1 cm³/mol. The minimum absolute atomic E-state index is 0.161. The van der Waals surface area contributed by atoms with Gasteiger partial charge in [-0.15, -0.1) is 23.1 Å². The third-order valence-corrected chi connectivity index (χ3v) is 4.96. The second kappa shape index (κ2) is 5.66. The lowest BCUT2D eigenvalue weighted by atomic mass is 10.3. The molecule has 18 heavy (non-hydrogen) atoms. The second-order valence-electron chi connectivity index (χ2n) is 5.73. The standard InChI is InChI=1S/C14H21NOS2/c1-14(2,3)18-10-13(16)15(11-6-7-11)9-12-5-4-8-17-12/h4-5,8,11H,6-7,9-10H2,1-3H3. The SMILES string of the molecule is CC(C)(C)SCC(=O)N(Cc1cccs1)C1CC1. The van der Waals surface area contributed by atoms with Crippen LogP contribution in [0.5, 0.6) is 0 Å². The van der Waals surface area contributed by atoms with Crippen molar-refractivity contribution in [1.82, 2.24) is 4.90 Å². The summed E-state index contributed by atoms with van der Waals surface area (Å²) in [5, 5.41) is 2.08. The van der Waals surface area contributed by atoms with Crippen LogP contribution in [0.2, 0.25) is 0 Å². The minimum atomic E-state index is 0.161. The first-order valence-electron chi connectivity index (χ1n) is 6.41. The molecule has 0 bridgehead atoms. The van der Waals surface area contributed by atoms with Gasteiger partial charge in [-0.1, -0.05) is 26.8 Å². The van der Waals surface area contributed by atoms with Gasteiger partial charge in [0, 0.05) is 15.7 Å². The van der Waals surface area contributed by atoms with Crippen LogP contribution in [-0.2, 0) is 11.3 Å². The lowest BCUT2D eigenvalue weighted by Crippen LogP contribution is -2.34. The van der Waals surface area contributed by atoms with E-state index in [9.17, 15) is 4.79 Å². The van der Waals surface area contributed by atoms with Gasteiger partial charge in [0.25, 0.3) is 0 Å². The highest BCUT2D eigenvalue weighted by Gasteiger charge is 2.32. The first-order chi connectivity index (χ1) is 8.46. The maximum Gasteiger partial charge on any atom is 0.233 e. The molecule has 4 heteroatoms. The normalized spacial score (nSPS) is 15.7. The molecule has 0 aliphatic heterocycles. The van der Waals surface area contributed by atoms with Gasteiger partial charge in [0.15, 0.2) is 0 Å². The van der Waals surface area contributed by atoms with Gasteiger partial charge in [0.05, 0.1) is 12.3 Å². The van der Waals surface area contributed by atoms with Crippen molar-refractivity contribution in [2.24, 2.45) is 0 Å². The van der Waals surface area contributed by atoms with Crippen LogP contribution in [0.3, 0.4) is 0 Å². The van der Waals surface area contributed by atoms with Crippen LogP contribution in [0.15, 0.2) is 17.5 Å². The van der Waals surface area contributed by atoms with E-state index < -0.39 is 0 Å². The Kier molecular flexibility index (Phi) is 4.38. The fraction of sp³-hybridized carbons (Fsp3) is 0.643. The zero-order valence-electron chi connectivity index (χ0n) is 11.3. The number of hydrogen-bond acceptors (Lipinski definition) is 3. The van der Waals surface area contributed by atoms with E-state index in [1.54, 1.807) is 23.1 Å². The highest BCUT2D eigenvalue weighted by Crippen LogP contribution is 2.31. The van der Waals surface area contributed by atoms with Crippen LogP contribution in [0.1, 0.15) is 38.5 Å². The Bertz CT molecular complexity index is 390. The summed E-state index contributed by atoms with van der Waals surface area (Å²) in [5.41, 5.74) is 0. The van der Waals surface area contributed by atoms with E-state index in [1.807, 2.05) is 0 Å². The van der Waals surface area contributed by atoms with Crippen molar-refractivity contribution in [3.63, 3.8) is 0 Å². The molecule has 1 aromatic heterocycles. The first kappa shape index (κ1) is 13.9. The van der Waals surface area contributed by atoms with Gasteiger partial charge in [-0.2, -0.15) is 0 Å². The predicted octanol–water partition coefficient (Wildman–Crippen LogP) is 3.77. The molecule has 0 N–H and O–H groups in total. The average Bonchev–Trinajstić information content (AvgIpc) is 2.99. The summed E-state index contributed by atoms with van der Waals surface area (Å²) in [5.74, 6) is 0.900. The van der Waals surface area contributed by atoms with E-state index in [4.69, 9.17) is 0 Å². The summed E-state index contributed by atoms with van der Waals surface area (Å²) >= 11 is 3.48. The van der Waals surface area contributed by atoms with Gasteiger partial charge in [-0.05, 0) is 24.3 Å². The highest BCUT2D eigenvalue weighted by molar-refractivity contribution is 8.01. The first-order valence-corrected chi connectivity index (χ1v) is 8.28. The maximum absolute atomic E-state index is 12.3. The van der Waals surface area contributed by atoms with E-state index in [-0.39, 0.29) is 4.75 Å². The fourth-order valence-corrected chi connectivity index (χ4v) is 3.16. The molecule has 1 heterocycles. The number of carbonyl (C=O) groups is 1. The van der Waals surface area contributed by atoms with Crippen molar-refractivity contribution in [2.75, 3.05) is 5.75 Å².